The molecule has 0 unspecified atom stereocenters. The minimum Gasteiger partial charge on any atom is -0.299 e. The van der Waals surface area contributed by atoms with Gasteiger partial charge in [0.25, 0.3) is 10.1 Å². The molecule has 1 N–H and O–H groups in total. The lowest BCUT2D eigenvalue weighted by atomic mass is 10.2. The Morgan fingerprint density at radius 2 is 1.57 bits per heavy atom. The molecule has 0 saturated carbocycles. The van der Waals surface area contributed by atoms with Gasteiger partial charge >= 0.3 is 0 Å². The molecular formula is C16H27NO3S. The van der Waals surface area contributed by atoms with Crippen LogP contribution in [-0.4, -0.2) is 36.5 Å². The van der Waals surface area contributed by atoms with Gasteiger partial charge in [-0.05, 0) is 51.9 Å². The van der Waals surface area contributed by atoms with Crippen LogP contribution in [0, 0.1) is 0 Å². The normalized spacial score (nSPS) is 11.5. The molecule has 0 aliphatic heterocycles. The van der Waals surface area contributed by atoms with Gasteiger partial charge in [-0.25, -0.2) is 0 Å². The molecule has 0 aliphatic rings. The Kier molecular flexibility index (Phi) is 8.47. The molecule has 0 aliphatic carbocycles. The zero-order chi connectivity index (χ0) is 16.6. The smallest absolute Gasteiger partial charge is 0.294 e. The highest BCUT2D eigenvalue weighted by atomic mass is 32.2. The predicted octanol–water partition coefficient (Wildman–Crippen LogP) is 3.70. The average molecular weight is 313 g/mol. The van der Waals surface area contributed by atoms with E-state index >= 15 is 0 Å². The van der Waals surface area contributed by atoms with Crippen LogP contribution in [0.4, 0.5) is 0 Å². The Bertz CT molecular complexity index is 511. The fourth-order valence-electron chi connectivity index (χ4n) is 2.10. The number of hydrogen-bond acceptors (Lipinski definition) is 3. The van der Waals surface area contributed by atoms with Crippen molar-refractivity contribution in [2.75, 3.05) is 6.54 Å². The Balaban J connectivity index is 0.000000400. The average Bonchev–Trinajstić information content (AvgIpc) is 2.38. The summed E-state index contributed by atoms with van der Waals surface area (Å²) in [5, 5.41) is 0. The van der Waals surface area contributed by atoms with E-state index in [-0.39, 0.29) is 4.90 Å². The number of benzene rings is 1. The second-order valence-corrected chi connectivity index (χ2v) is 6.69. The molecule has 120 valence electrons. The van der Waals surface area contributed by atoms with E-state index in [1.165, 1.54) is 12.1 Å². The number of hydrogen-bond donors (Lipinski definition) is 1. The van der Waals surface area contributed by atoms with Gasteiger partial charge in [0.2, 0.25) is 0 Å². The van der Waals surface area contributed by atoms with Gasteiger partial charge in [-0.3, -0.25) is 9.45 Å². The van der Waals surface area contributed by atoms with Crippen molar-refractivity contribution in [2.45, 2.75) is 51.6 Å². The van der Waals surface area contributed by atoms with Gasteiger partial charge < -0.3 is 0 Å². The summed E-state index contributed by atoms with van der Waals surface area (Å²) in [6.07, 6.45) is 1.59. The lowest BCUT2D eigenvalue weighted by Crippen LogP contribution is -2.36. The van der Waals surface area contributed by atoms with E-state index in [1.807, 2.05) is 0 Å². The second-order valence-electron chi connectivity index (χ2n) is 5.27. The number of rotatable bonds is 5. The maximum atomic E-state index is 10.6. The summed E-state index contributed by atoms with van der Waals surface area (Å²) in [5.41, 5.74) is 0.808. The van der Waals surface area contributed by atoms with Crippen LogP contribution in [0.25, 0.3) is 6.08 Å². The quantitative estimate of drug-likeness (QED) is 0.842. The Morgan fingerprint density at radius 1 is 1.14 bits per heavy atom. The molecular weight excluding hydrogens is 286 g/mol. The number of nitrogens with zero attached hydrogens (tertiary/aromatic N) is 1. The van der Waals surface area contributed by atoms with E-state index in [9.17, 15) is 8.42 Å². The molecule has 0 atom stereocenters. The van der Waals surface area contributed by atoms with Crippen molar-refractivity contribution in [1.29, 1.82) is 0 Å². The van der Waals surface area contributed by atoms with Gasteiger partial charge in [0.05, 0.1) is 4.90 Å². The van der Waals surface area contributed by atoms with Crippen LogP contribution in [0.3, 0.4) is 0 Å². The molecule has 1 aromatic rings. The van der Waals surface area contributed by atoms with Crippen molar-refractivity contribution in [3.05, 3.63) is 36.4 Å². The molecule has 0 saturated heterocycles. The zero-order valence-electron chi connectivity index (χ0n) is 13.6. The summed E-state index contributed by atoms with van der Waals surface area (Å²) in [4.78, 5) is 2.35. The molecule has 0 aromatic heterocycles. The van der Waals surface area contributed by atoms with Gasteiger partial charge in [0.15, 0.2) is 0 Å². The van der Waals surface area contributed by atoms with E-state index in [0.717, 1.165) is 12.1 Å². The molecule has 0 bridgehead atoms. The van der Waals surface area contributed by atoms with E-state index in [2.05, 4.69) is 46.1 Å². The summed E-state index contributed by atoms with van der Waals surface area (Å²) < 4.78 is 29.7. The highest BCUT2D eigenvalue weighted by Gasteiger charge is 2.09. The monoisotopic (exact) mass is 313 g/mol. The van der Waals surface area contributed by atoms with Crippen LogP contribution in [-0.2, 0) is 10.1 Å². The van der Waals surface area contributed by atoms with Crippen molar-refractivity contribution in [1.82, 2.24) is 4.90 Å². The van der Waals surface area contributed by atoms with E-state index in [1.54, 1.807) is 18.2 Å². The van der Waals surface area contributed by atoms with Crippen molar-refractivity contribution in [2.24, 2.45) is 0 Å². The van der Waals surface area contributed by atoms with Crippen LogP contribution in [0.15, 0.2) is 35.7 Å². The van der Waals surface area contributed by atoms with E-state index in [4.69, 9.17) is 4.55 Å². The maximum absolute atomic E-state index is 10.6. The first-order valence-corrected chi connectivity index (χ1v) is 8.53. The topological polar surface area (TPSA) is 57.6 Å². The van der Waals surface area contributed by atoms with Crippen LogP contribution < -0.4 is 0 Å². The van der Waals surface area contributed by atoms with Gasteiger partial charge in [-0.2, -0.15) is 8.42 Å². The van der Waals surface area contributed by atoms with E-state index < -0.39 is 10.1 Å². The minimum absolute atomic E-state index is 0.104. The lowest BCUT2D eigenvalue weighted by Gasteiger charge is -2.28. The first-order chi connectivity index (χ1) is 9.63. The lowest BCUT2D eigenvalue weighted by molar-refractivity contribution is 0.185. The van der Waals surface area contributed by atoms with Crippen molar-refractivity contribution in [3.63, 3.8) is 0 Å². The van der Waals surface area contributed by atoms with Crippen molar-refractivity contribution < 1.29 is 13.0 Å². The molecule has 0 fully saturated rings. The van der Waals surface area contributed by atoms with Gasteiger partial charge in [-0.15, -0.1) is 0 Å². The second kappa shape index (κ2) is 8.97. The highest BCUT2D eigenvalue weighted by Crippen LogP contribution is 2.10. The van der Waals surface area contributed by atoms with Crippen LogP contribution in [0.5, 0.6) is 0 Å². The van der Waals surface area contributed by atoms with Crippen molar-refractivity contribution >= 4 is 16.2 Å². The van der Waals surface area contributed by atoms with Crippen LogP contribution in [0.2, 0.25) is 0 Å². The van der Waals surface area contributed by atoms with E-state index in [0.29, 0.717) is 12.1 Å². The summed E-state index contributed by atoms with van der Waals surface area (Å²) in [6.45, 7) is 15.8. The molecule has 1 rings (SSSR count). The SMILES string of the molecule is C=Cc1ccc(S(=O)(=O)O)cc1.CCN(C(C)C)C(C)C. The Hall–Kier alpha value is -1.17. The van der Waals surface area contributed by atoms with Crippen molar-refractivity contribution in [3.8, 4) is 0 Å². The standard InChI is InChI=1S/C8H19N.C8H8O3S/c1-6-9(7(2)3)8(4)5;1-2-7-3-5-8(6-4-7)12(9,10)11/h7-8H,6H2,1-5H3;2-6H,1H2,(H,9,10,11). The third-order valence-corrected chi connectivity index (χ3v) is 3.97. The summed E-state index contributed by atoms with van der Waals surface area (Å²) in [6, 6.07) is 7.16. The summed E-state index contributed by atoms with van der Waals surface area (Å²) in [7, 11) is -4.06. The fraction of sp³-hybridized carbons (Fsp3) is 0.500. The van der Waals surface area contributed by atoms with Crippen LogP contribution >= 0.6 is 0 Å². The summed E-state index contributed by atoms with van der Waals surface area (Å²) in [5.74, 6) is 0. The fourth-order valence-corrected chi connectivity index (χ4v) is 2.58. The first kappa shape index (κ1) is 19.8. The minimum atomic E-state index is -4.06. The highest BCUT2D eigenvalue weighted by molar-refractivity contribution is 7.85. The molecule has 0 radical (unpaired) electrons. The predicted molar refractivity (Wildman–Crippen MR) is 89.0 cm³/mol. The molecule has 5 heteroatoms. The third-order valence-electron chi connectivity index (χ3n) is 3.11. The molecule has 4 nitrogen and oxygen atoms in total. The third kappa shape index (κ3) is 7.41. The Labute approximate surface area is 129 Å². The maximum Gasteiger partial charge on any atom is 0.294 e. The molecule has 0 spiro atoms. The summed E-state index contributed by atoms with van der Waals surface area (Å²) >= 11 is 0. The molecule has 21 heavy (non-hydrogen) atoms. The molecule has 1 aromatic carbocycles. The zero-order valence-corrected chi connectivity index (χ0v) is 14.4. The van der Waals surface area contributed by atoms with Gasteiger partial charge in [0.1, 0.15) is 0 Å². The van der Waals surface area contributed by atoms with Gasteiger partial charge in [-0.1, -0.05) is 31.7 Å². The van der Waals surface area contributed by atoms with Gasteiger partial charge in [0, 0.05) is 12.1 Å². The first-order valence-electron chi connectivity index (χ1n) is 7.09. The molecule has 0 amide bonds. The molecule has 0 heterocycles. The Morgan fingerprint density at radius 3 is 1.76 bits per heavy atom. The largest absolute Gasteiger partial charge is 0.299 e. The van der Waals surface area contributed by atoms with Crippen LogP contribution in [0.1, 0.15) is 40.2 Å².